The first-order chi connectivity index (χ1) is 12.6. The summed E-state index contributed by atoms with van der Waals surface area (Å²) in [7, 11) is -1.81. The van der Waals surface area contributed by atoms with Crippen molar-refractivity contribution in [1.82, 2.24) is 4.90 Å². The molecule has 144 valence electrons. The predicted molar refractivity (Wildman–Crippen MR) is 102 cm³/mol. The summed E-state index contributed by atoms with van der Waals surface area (Å²) < 4.78 is 28.4. The summed E-state index contributed by atoms with van der Waals surface area (Å²) in [6, 6.07) is 12.0. The lowest BCUT2D eigenvalue weighted by Crippen LogP contribution is -2.31. The zero-order valence-corrected chi connectivity index (χ0v) is 16.7. The maximum Gasteiger partial charge on any atom is 0.338 e. The van der Waals surface area contributed by atoms with Gasteiger partial charge in [0.25, 0.3) is 5.91 Å². The summed E-state index contributed by atoms with van der Waals surface area (Å²) in [5.41, 5.74) is 2.81. The van der Waals surface area contributed by atoms with Crippen LogP contribution in [0, 0.1) is 13.8 Å². The van der Waals surface area contributed by atoms with Crippen molar-refractivity contribution in [2.45, 2.75) is 25.3 Å². The number of amides is 1. The number of benzene rings is 2. The number of esters is 1. The third-order valence-corrected chi connectivity index (χ3v) is 5.26. The van der Waals surface area contributed by atoms with Gasteiger partial charge < -0.3 is 9.64 Å². The molecular formula is C20H23NO5S. The highest BCUT2D eigenvalue weighted by atomic mass is 32.2. The maximum absolute atomic E-state index is 12.3. The second kappa shape index (κ2) is 8.35. The van der Waals surface area contributed by atoms with Crippen molar-refractivity contribution in [3.8, 4) is 0 Å². The second-order valence-corrected chi connectivity index (χ2v) is 8.58. The van der Waals surface area contributed by atoms with Gasteiger partial charge in [-0.1, -0.05) is 35.9 Å². The number of nitrogens with zero attached hydrogens (tertiary/aromatic N) is 1. The van der Waals surface area contributed by atoms with Gasteiger partial charge in [0, 0.05) is 19.8 Å². The summed E-state index contributed by atoms with van der Waals surface area (Å²) in [6.45, 7) is 3.65. The van der Waals surface area contributed by atoms with E-state index in [-0.39, 0.29) is 16.4 Å². The summed E-state index contributed by atoms with van der Waals surface area (Å²) in [6.07, 6.45) is 1.07. The van der Waals surface area contributed by atoms with E-state index in [9.17, 15) is 18.0 Å². The van der Waals surface area contributed by atoms with Crippen molar-refractivity contribution < 1.29 is 22.7 Å². The fourth-order valence-electron chi connectivity index (χ4n) is 2.42. The Kier molecular flexibility index (Phi) is 6.38. The van der Waals surface area contributed by atoms with E-state index < -0.39 is 22.4 Å². The molecule has 7 heteroatoms. The van der Waals surface area contributed by atoms with Crippen LogP contribution in [0.1, 0.15) is 27.0 Å². The largest absolute Gasteiger partial charge is 0.452 e. The minimum atomic E-state index is -3.44. The molecule has 2 aromatic rings. The molecule has 0 saturated carbocycles. The van der Waals surface area contributed by atoms with E-state index >= 15 is 0 Å². The van der Waals surface area contributed by atoms with Gasteiger partial charge in [-0.05, 0) is 37.1 Å². The Morgan fingerprint density at radius 1 is 1.04 bits per heavy atom. The molecule has 0 heterocycles. The molecular weight excluding hydrogens is 366 g/mol. The summed E-state index contributed by atoms with van der Waals surface area (Å²) >= 11 is 0. The Bertz CT molecular complexity index is 949. The molecule has 2 aromatic carbocycles. The molecule has 0 N–H and O–H groups in total. The van der Waals surface area contributed by atoms with Crippen LogP contribution in [0.15, 0.2) is 47.4 Å². The molecule has 0 aliphatic heterocycles. The van der Waals surface area contributed by atoms with Crippen LogP contribution in [0.4, 0.5) is 0 Å². The number of likely N-dealkylation sites (N-methyl/N-ethyl adjacent to an activating group) is 1. The first kappa shape index (κ1) is 20.6. The molecule has 0 bridgehead atoms. The van der Waals surface area contributed by atoms with Crippen molar-refractivity contribution in [2.24, 2.45) is 0 Å². The van der Waals surface area contributed by atoms with Gasteiger partial charge in [-0.2, -0.15) is 0 Å². The van der Waals surface area contributed by atoms with Gasteiger partial charge in [0.2, 0.25) is 0 Å². The summed E-state index contributed by atoms with van der Waals surface area (Å²) in [5, 5.41) is 0. The van der Waals surface area contributed by atoms with Crippen LogP contribution in [0.25, 0.3) is 0 Å². The molecule has 0 spiro atoms. The number of sulfone groups is 1. The Balaban J connectivity index is 2.00. The molecule has 0 aliphatic rings. The highest BCUT2D eigenvalue weighted by Crippen LogP contribution is 2.16. The van der Waals surface area contributed by atoms with Crippen LogP contribution >= 0.6 is 0 Å². The van der Waals surface area contributed by atoms with E-state index in [0.29, 0.717) is 12.1 Å². The monoisotopic (exact) mass is 389 g/mol. The Morgan fingerprint density at radius 3 is 2.26 bits per heavy atom. The number of carbonyl (C=O) groups is 2. The van der Waals surface area contributed by atoms with E-state index in [4.69, 9.17) is 4.74 Å². The van der Waals surface area contributed by atoms with Gasteiger partial charge in [-0.15, -0.1) is 0 Å². The topological polar surface area (TPSA) is 80.8 Å². The highest BCUT2D eigenvalue weighted by Gasteiger charge is 2.18. The molecule has 1 amide bonds. The SMILES string of the molecule is Cc1ccc(CN(C)C(=O)COC(=O)c2cc(S(C)(=O)=O)ccc2C)cc1. The number of hydrogen-bond acceptors (Lipinski definition) is 5. The molecule has 0 radical (unpaired) electrons. The molecule has 0 atom stereocenters. The van der Waals surface area contributed by atoms with Crippen LogP contribution in [0.5, 0.6) is 0 Å². The fourth-order valence-corrected chi connectivity index (χ4v) is 3.07. The number of aryl methyl sites for hydroxylation is 2. The van der Waals surface area contributed by atoms with Crippen LogP contribution in [-0.2, 0) is 25.9 Å². The van der Waals surface area contributed by atoms with Crippen LogP contribution < -0.4 is 0 Å². The van der Waals surface area contributed by atoms with Gasteiger partial charge in [-0.3, -0.25) is 4.79 Å². The molecule has 0 unspecified atom stereocenters. The zero-order valence-electron chi connectivity index (χ0n) is 15.9. The first-order valence-corrected chi connectivity index (χ1v) is 10.2. The third-order valence-electron chi connectivity index (χ3n) is 4.15. The quantitative estimate of drug-likeness (QED) is 0.709. The standard InChI is InChI=1S/C20H23NO5S/c1-14-5-8-16(9-6-14)12-21(3)19(22)13-26-20(23)18-11-17(27(4,24)25)10-7-15(18)2/h5-11H,12-13H2,1-4H3. The molecule has 0 aliphatic carbocycles. The minimum absolute atomic E-state index is 0.0304. The van der Waals surface area contributed by atoms with Gasteiger partial charge >= 0.3 is 5.97 Å². The van der Waals surface area contributed by atoms with Crippen LogP contribution in [0.2, 0.25) is 0 Å². The normalized spacial score (nSPS) is 11.1. The van der Waals surface area contributed by atoms with E-state index in [1.54, 1.807) is 14.0 Å². The van der Waals surface area contributed by atoms with E-state index in [0.717, 1.165) is 17.4 Å². The number of hydrogen-bond donors (Lipinski definition) is 0. The Morgan fingerprint density at radius 2 is 1.67 bits per heavy atom. The molecule has 0 saturated heterocycles. The molecule has 6 nitrogen and oxygen atoms in total. The van der Waals surface area contributed by atoms with Crippen LogP contribution in [-0.4, -0.2) is 45.1 Å². The van der Waals surface area contributed by atoms with Crippen molar-refractivity contribution >= 4 is 21.7 Å². The van der Waals surface area contributed by atoms with Crippen molar-refractivity contribution in [3.63, 3.8) is 0 Å². The number of ether oxygens (including phenoxy) is 1. The predicted octanol–water partition coefficient (Wildman–Crippen LogP) is 2.52. The molecule has 2 rings (SSSR count). The van der Waals surface area contributed by atoms with Gasteiger partial charge in [0.05, 0.1) is 10.5 Å². The van der Waals surface area contributed by atoms with Gasteiger partial charge in [0.1, 0.15) is 0 Å². The highest BCUT2D eigenvalue weighted by molar-refractivity contribution is 7.90. The maximum atomic E-state index is 12.3. The summed E-state index contributed by atoms with van der Waals surface area (Å²) in [5.74, 6) is -1.07. The Labute approximate surface area is 159 Å². The first-order valence-electron chi connectivity index (χ1n) is 8.35. The van der Waals surface area contributed by atoms with Crippen molar-refractivity contribution in [2.75, 3.05) is 19.9 Å². The lowest BCUT2D eigenvalue weighted by Gasteiger charge is -2.17. The van der Waals surface area contributed by atoms with E-state index in [1.165, 1.54) is 23.1 Å². The third kappa shape index (κ3) is 5.65. The smallest absolute Gasteiger partial charge is 0.338 e. The zero-order chi connectivity index (χ0) is 20.2. The van der Waals surface area contributed by atoms with E-state index in [1.807, 2.05) is 31.2 Å². The van der Waals surface area contributed by atoms with Crippen LogP contribution in [0.3, 0.4) is 0 Å². The number of rotatable bonds is 6. The molecule has 0 fully saturated rings. The van der Waals surface area contributed by atoms with Gasteiger partial charge in [0.15, 0.2) is 16.4 Å². The second-order valence-electron chi connectivity index (χ2n) is 6.56. The fraction of sp³-hybridized carbons (Fsp3) is 0.300. The van der Waals surface area contributed by atoms with E-state index in [2.05, 4.69) is 0 Å². The van der Waals surface area contributed by atoms with Crippen molar-refractivity contribution in [1.29, 1.82) is 0 Å². The van der Waals surface area contributed by atoms with Crippen molar-refractivity contribution in [3.05, 3.63) is 64.7 Å². The molecule has 0 aromatic heterocycles. The average molecular weight is 389 g/mol. The lowest BCUT2D eigenvalue weighted by molar-refractivity contribution is -0.133. The van der Waals surface area contributed by atoms with Gasteiger partial charge in [-0.25, -0.2) is 13.2 Å². The average Bonchev–Trinajstić information content (AvgIpc) is 2.60. The number of carbonyl (C=O) groups excluding carboxylic acids is 2. The Hall–Kier alpha value is -2.67. The minimum Gasteiger partial charge on any atom is -0.452 e. The lowest BCUT2D eigenvalue weighted by atomic mass is 10.1. The summed E-state index contributed by atoms with van der Waals surface area (Å²) in [4.78, 5) is 26.0. The molecule has 27 heavy (non-hydrogen) atoms.